The zero-order valence-corrected chi connectivity index (χ0v) is 14.8. The molecular formula is C18H27N5O2. The van der Waals surface area contributed by atoms with Crippen LogP contribution in [-0.4, -0.2) is 42.0 Å². The van der Waals surface area contributed by atoms with Crippen LogP contribution < -0.4 is 16.2 Å². The lowest BCUT2D eigenvalue weighted by molar-refractivity contribution is 0.153. The van der Waals surface area contributed by atoms with Gasteiger partial charge in [-0.25, -0.2) is 4.98 Å². The van der Waals surface area contributed by atoms with Gasteiger partial charge in [0, 0.05) is 31.0 Å². The van der Waals surface area contributed by atoms with Crippen LogP contribution in [0, 0.1) is 0 Å². The average molecular weight is 345 g/mol. The molecule has 1 aromatic rings. The van der Waals surface area contributed by atoms with Crippen LogP contribution in [0.3, 0.4) is 0 Å². The van der Waals surface area contributed by atoms with E-state index in [0.717, 1.165) is 18.8 Å². The summed E-state index contributed by atoms with van der Waals surface area (Å²) in [6.07, 6.45) is 5.28. The number of rotatable bonds is 8. The molecule has 1 aliphatic rings. The van der Waals surface area contributed by atoms with Crippen molar-refractivity contribution >= 4 is 5.84 Å². The summed E-state index contributed by atoms with van der Waals surface area (Å²) in [7, 11) is 0. The number of likely N-dealkylation sites (tertiary alicyclic amines) is 1. The first-order valence-electron chi connectivity index (χ1n) is 8.49. The van der Waals surface area contributed by atoms with Crippen LogP contribution in [0.1, 0.15) is 26.2 Å². The van der Waals surface area contributed by atoms with Gasteiger partial charge in [-0.15, -0.1) is 0 Å². The van der Waals surface area contributed by atoms with Crippen molar-refractivity contribution in [2.75, 3.05) is 26.3 Å². The maximum atomic E-state index is 6.12. The van der Waals surface area contributed by atoms with Gasteiger partial charge in [0.2, 0.25) is 11.8 Å². The molecular weight excluding hydrogens is 318 g/mol. The minimum atomic E-state index is 0.205. The minimum absolute atomic E-state index is 0.205. The van der Waals surface area contributed by atoms with Gasteiger partial charge in [-0.05, 0) is 38.8 Å². The summed E-state index contributed by atoms with van der Waals surface area (Å²) in [6.45, 7) is 8.34. The van der Waals surface area contributed by atoms with Crippen molar-refractivity contribution < 1.29 is 9.47 Å². The highest BCUT2D eigenvalue weighted by Crippen LogP contribution is 2.16. The molecule has 1 aromatic heterocycles. The molecule has 4 N–H and O–H groups in total. The molecule has 1 fully saturated rings. The van der Waals surface area contributed by atoms with Gasteiger partial charge in [0.1, 0.15) is 13.2 Å². The predicted molar refractivity (Wildman–Crippen MR) is 98.8 cm³/mol. The molecule has 0 aliphatic carbocycles. The van der Waals surface area contributed by atoms with Crippen LogP contribution in [0.2, 0.25) is 0 Å². The number of nitrogens with zero attached hydrogens (tertiary/aromatic N) is 3. The molecule has 7 heteroatoms. The fourth-order valence-corrected chi connectivity index (χ4v) is 2.55. The number of allylic oxidation sites excluding steroid dienone is 1. The van der Waals surface area contributed by atoms with E-state index in [1.54, 1.807) is 12.3 Å². The number of ether oxygens (including phenoxy) is 2. The van der Waals surface area contributed by atoms with E-state index in [1.165, 1.54) is 19.3 Å². The first-order chi connectivity index (χ1) is 12.1. The van der Waals surface area contributed by atoms with Gasteiger partial charge in [-0.3, -0.25) is 0 Å². The second-order valence-electron chi connectivity index (χ2n) is 5.80. The Hall–Kier alpha value is -2.70. The monoisotopic (exact) mass is 345 g/mol. The van der Waals surface area contributed by atoms with E-state index in [0.29, 0.717) is 24.8 Å². The van der Waals surface area contributed by atoms with E-state index in [1.807, 2.05) is 19.1 Å². The van der Waals surface area contributed by atoms with E-state index in [4.69, 9.17) is 20.9 Å². The number of hydrogen-bond donors (Lipinski definition) is 2. The standard InChI is InChI=1S/C18H27N5O2/c1-14(23-10-6-3-7-11-23)17(19)18(20)22-15(2)24-12-13-25-16-8-4-5-9-21-16/h4-5,8-9H,2-3,6-7,10-13,19H2,1H3,(H2,20,22)/b17-14-. The van der Waals surface area contributed by atoms with Gasteiger partial charge in [0.15, 0.2) is 5.84 Å². The number of aliphatic imine (C=N–C) groups is 1. The highest BCUT2D eigenvalue weighted by atomic mass is 16.5. The Kier molecular flexibility index (Phi) is 7.13. The lowest BCUT2D eigenvalue weighted by Gasteiger charge is -2.30. The maximum absolute atomic E-state index is 6.12. The molecule has 0 saturated carbocycles. The van der Waals surface area contributed by atoms with Crippen molar-refractivity contribution in [2.24, 2.45) is 16.5 Å². The van der Waals surface area contributed by atoms with Gasteiger partial charge in [-0.2, -0.15) is 4.99 Å². The Morgan fingerprint density at radius 1 is 1.24 bits per heavy atom. The lowest BCUT2D eigenvalue weighted by Crippen LogP contribution is -2.33. The molecule has 0 atom stereocenters. The summed E-state index contributed by atoms with van der Waals surface area (Å²) >= 11 is 0. The van der Waals surface area contributed by atoms with Crippen molar-refractivity contribution in [3.8, 4) is 5.88 Å². The highest BCUT2D eigenvalue weighted by molar-refractivity contribution is 5.97. The summed E-state index contributed by atoms with van der Waals surface area (Å²) in [5, 5.41) is 0. The molecule has 136 valence electrons. The molecule has 1 saturated heterocycles. The molecule has 0 bridgehead atoms. The van der Waals surface area contributed by atoms with Gasteiger partial charge in [0.05, 0.1) is 5.70 Å². The van der Waals surface area contributed by atoms with Gasteiger partial charge in [0.25, 0.3) is 0 Å². The quantitative estimate of drug-likeness (QED) is 0.323. The van der Waals surface area contributed by atoms with E-state index in [-0.39, 0.29) is 11.7 Å². The van der Waals surface area contributed by atoms with Gasteiger partial charge >= 0.3 is 0 Å². The van der Waals surface area contributed by atoms with E-state index in [9.17, 15) is 0 Å². The zero-order chi connectivity index (χ0) is 18.1. The minimum Gasteiger partial charge on any atom is -0.474 e. The second kappa shape index (κ2) is 9.56. The van der Waals surface area contributed by atoms with E-state index in [2.05, 4.69) is 21.5 Å². The molecule has 2 heterocycles. The predicted octanol–water partition coefficient (Wildman–Crippen LogP) is 1.98. The molecule has 7 nitrogen and oxygen atoms in total. The fourth-order valence-electron chi connectivity index (χ4n) is 2.55. The lowest BCUT2D eigenvalue weighted by atomic mass is 10.1. The number of hydrogen-bond acceptors (Lipinski definition) is 6. The third kappa shape index (κ3) is 6.02. The Labute approximate surface area is 149 Å². The largest absolute Gasteiger partial charge is 0.474 e. The van der Waals surface area contributed by atoms with Crippen molar-refractivity contribution in [1.82, 2.24) is 9.88 Å². The highest BCUT2D eigenvalue weighted by Gasteiger charge is 2.14. The third-order valence-corrected chi connectivity index (χ3v) is 3.98. The van der Waals surface area contributed by atoms with E-state index >= 15 is 0 Å². The van der Waals surface area contributed by atoms with Crippen LogP contribution in [0.4, 0.5) is 0 Å². The molecule has 2 rings (SSSR count). The SMILES string of the molecule is C=C(/N=C(N)\C(N)=C(/C)N1CCCCC1)OCCOc1ccccn1. The summed E-state index contributed by atoms with van der Waals surface area (Å²) in [4.78, 5) is 10.4. The summed E-state index contributed by atoms with van der Waals surface area (Å²) < 4.78 is 10.8. The normalized spacial score (nSPS) is 16.2. The third-order valence-electron chi connectivity index (χ3n) is 3.98. The first kappa shape index (κ1) is 18.6. The molecule has 0 radical (unpaired) electrons. The zero-order valence-electron chi connectivity index (χ0n) is 14.8. The van der Waals surface area contributed by atoms with Crippen molar-refractivity contribution in [3.05, 3.63) is 48.3 Å². The Morgan fingerprint density at radius 2 is 2.00 bits per heavy atom. The van der Waals surface area contributed by atoms with Crippen molar-refractivity contribution in [2.45, 2.75) is 26.2 Å². The smallest absolute Gasteiger partial charge is 0.213 e. The van der Waals surface area contributed by atoms with Crippen LogP contribution in [0.15, 0.2) is 53.2 Å². The van der Waals surface area contributed by atoms with Crippen LogP contribution in [0.5, 0.6) is 5.88 Å². The molecule has 0 amide bonds. The van der Waals surface area contributed by atoms with Crippen LogP contribution in [0.25, 0.3) is 0 Å². The van der Waals surface area contributed by atoms with E-state index < -0.39 is 0 Å². The molecule has 0 spiro atoms. The maximum Gasteiger partial charge on any atom is 0.213 e. The molecule has 25 heavy (non-hydrogen) atoms. The Balaban J connectivity index is 1.80. The fraction of sp³-hybridized carbons (Fsp3) is 0.444. The van der Waals surface area contributed by atoms with Crippen LogP contribution in [-0.2, 0) is 4.74 Å². The molecule has 0 unspecified atom stereocenters. The van der Waals surface area contributed by atoms with Crippen molar-refractivity contribution in [1.29, 1.82) is 0 Å². The first-order valence-corrected chi connectivity index (χ1v) is 8.49. The van der Waals surface area contributed by atoms with Crippen LogP contribution >= 0.6 is 0 Å². The number of amidine groups is 1. The summed E-state index contributed by atoms with van der Waals surface area (Å²) in [5.74, 6) is 0.972. The average Bonchev–Trinajstić information content (AvgIpc) is 2.65. The number of piperidine rings is 1. The Bertz CT molecular complexity index is 622. The van der Waals surface area contributed by atoms with Crippen molar-refractivity contribution in [3.63, 3.8) is 0 Å². The van der Waals surface area contributed by atoms with Gasteiger partial charge in [-0.1, -0.05) is 6.07 Å². The number of nitrogens with two attached hydrogens (primary N) is 2. The van der Waals surface area contributed by atoms with Gasteiger partial charge < -0.3 is 25.8 Å². The summed E-state index contributed by atoms with van der Waals surface area (Å²) in [5.41, 5.74) is 13.5. The Morgan fingerprint density at radius 3 is 2.68 bits per heavy atom. The topological polar surface area (TPSA) is 99.0 Å². The molecule has 1 aliphatic heterocycles. The second-order valence-corrected chi connectivity index (χ2v) is 5.80. The summed E-state index contributed by atoms with van der Waals surface area (Å²) in [6, 6.07) is 5.46. The number of pyridine rings is 1. The number of aromatic nitrogens is 1. The molecule has 0 aromatic carbocycles.